The number of rotatable bonds is 10. The van der Waals surface area contributed by atoms with E-state index in [1.54, 1.807) is 7.11 Å². The van der Waals surface area contributed by atoms with Crippen molar-refractivity contribution in [2.24, 2.45) is 0 Å². The lowest BCUT2D eigenvalue weighted by Gasteiger charge is -2.16. The van der Waals surface area contributed by atoms with E-state index in [2.05, 4.69) is 5.32 Å². The molecule has 0 radical (unpaired) electrons. The molecular formula is C10H23NO4. The molecule has 0 heterocycles. The average molecular weight is 221 g/mol. The van der Waals surface area contributed by atoms with E-state index in [1.807, 2.05) is 14.0 Å². The van der Waals surface area contributed by atoms with Gasteiger partial charge in [-0.2, -0.15) is 0 Å². The van der Waals surface area contributed by atoms with Crippen LogP contribution in [0.3, 0.4) is 0 Å². The van der Waals surface area contributed by atoms with Crippen LogP contribution in [0.15, 0.2) is 0 Å². The number of hydrogen-bond donors (Lipinski definition) is 2. The molecule has 2 atom stereocenters. The van der Waals surface area contributed by atoms with Crippen LogP contribution < -0.4 is 5.32 Å². The topological polar surface area (TPSA) is 60.0 Å². The third kappa shape index (κ3) is 10.1. The molecule has 0 aliphatic heterocycles. The molecule has 2 N–H and O–H groups in total. The molecule has 0 aromatic rings. The minimum Gasteiger partial charge on any atom is -0.388 e. The maximum atomic E-state index is 9.45. The van der Waals surface area contributed by atoms with Crippen molar-refractivity contribution in [2.45, 2.75) is 19.1 Å². The molecule has 0 aromatic heterocycles. The van der Waals surface area contributed by atoms with Crippen molar-refractivity contribution in [3.63, 3.8) is 0 Å². The van der Waals surface area contributed by atoms with Gasteiger partial charge in [-0.05, 0) is 14.0 Å². The predicted octanol–water partition coefficient (Wildman–Crippen LogP) is -0.365. The summed E-state index contributed by atoms with van der Waals surface area (Å²) in [7, 11) is 3.48. The van der Waals surface area contributed by atoms with E-state index in [9.17, 15) is 5.11 Å². The van der Waals surface area contributed by atoms with Crippen LogP contribution in [0.5, 0.6) is 0 Å². The Bertz CT molecular complexity index is 135. The monoisotopic (exact) mass is 221 g/mol. The van der Waals surface area contributed by atoms with Gasteiger partial charge in [0.05, 0.1) is 32.5 Å². The molecule has 0 bridgehead atoms. The Morgan fingerprint density at radius 3 is 2.60 bits per heavy atom. The molecule has 0 aliphatic rings. The molecule has 92 valence electrons. The molecule has 0 aliphatic carbocycles. The smallest absolute Gasteiger partial charge is 0.101 e. The summed E-state index contributed by atoms with van der Waals surface area (Å²) in [6.07, 6.45) is -0.468. The first-order chi connectivity index (χ1) is 7.20. The molecule has 0 saturated heterocycles. The number of methoxy groups -OCH3 is 1. The summed E-state index contributed by atoms with van der Waals surface area (Å²) in [5, 5.41) is 12.5. The average Bonchev–Trinajstić information content (AvgIpc) is 2.22. The van der Waals surface area contributed by atoms with Crippen molar-refractivity contribution < 1.29 is 19.3 Å². The zero-order chi connectivity index (χ0) is 11.5. The molecule has 0 amide bonds. The maximum absolute atomic E-state index is 9.45. The Balaban J connectivity index is 3.28. The molecule has 0 spiro atoms. The summed E-state index contributed by atoms with van der Waals surface area (Å²) in [6, 6.07) is 0. The second kappa shape index (κ2) is 10.3. The number of hydrogen-bond acceptors (Lipinski definition) is 5. The third-order valence-corrected chi connectivity index (χ3v) is 1.81. The fourth-order valence-corrected chi connectivity index (χ4v) is 1.03. The lowest BCUT2D eigenvalue weighted by molar-refractivity contribution is -0.0450. The summed E-state index contributed by atoms with van der Waals surface area (Å²) in [6.45, 7) is 4.36. The molecule has 5 nitrogen and oxygen atoms in total. The van der Waals surface area contributed by atoms with E-state index < -0.39 is 6.10 Å². The zero-order valence-electron chi connectivity index (χ0n) is 9.86. The predicted molar refractivity (Wildman–Crippen MR) is 58.0 cm³/mol. The molecule has 15 heavy (non-hydrogen) atoms. The highest BCUT2D eigenvalue weighted by atomic mass is 16.5. The van der Waals surface area contributed by atoms with E-state index in [1.165, 1.54) is 0 Å². The van der Waals surface area contributed by atoms with Crippen LogP contribution in [0, 0.1) is 0 Å². The lowest BCUT2D eigenvalue weighted by Crippen LogP contribution is -2.29. The highest BCUT2D eigenvalue weighted by Gasteiger charge is 2.07. The van der Waals surface area contributed by atoms with Crippen molar-refractivity contribution >= 4 is 0 Å². The van der Waals surface area contributed by atoms with Crippen LogP contribution in [0.2, 0.25) is 0 Å². The van der Waals surface area contributed by atoms with Crippen LogP contribution in [0.4, 0.5) is 0 Å². The highest BCUT2D eigenvalue weighted by molar-refractivity contribution is 4.56. The third-order valence-electron chi connectivity index (χ3n) is 1.81. The number of ether oxygens (including phenoxy) is 3. The second-order valence-corrected chi connectivity index (χ2v) is 3.42. The van der Waals surface area contributed by atoms with Crippen molar-refractivity contribution in [3.8, 4) is 0 Å². The fraction of sp³-hybridized carbons (Fsp3) is 1.00. The first-order valence-electron chi connectivity index (χ1n) is 5.21. The summed E-state index contributed by atoms with van der Waals surface area (Å²) < 4.78 is 15.3. The minimum absolute atomic E-state index is 0.101. The van der Waals surface area contributed by atoms with Crippen LogP contribution in [-0.4, -0.2) is 64.4 Å². The molecule has 2 unspecified atom stereocenters. The van der Waals surface area contributed by atoms with Crippen LogP contribution in [-0.2, 0) is 14.2 Å². The molecule has 0 saturated carbocycles. The van der Waals surface area contributed by atoms with Crippen LogP contribution in [0.25, 0.3) is 0 Å². The van der Waals surface area contributed by atoms with E-state index >= 15 is 0 Å². The Labute approximate surface area is 91.7 Å². The molecule has 5 heteroatoms. The van der Waals surface area contributed by atoms with E-state index in [0.717, 1.165) is 6.54 Å². The number of nitrogens with one attached hydrogen (secondary N) is 1. The summed E-state index contributed by atoms with van der Waals surface area (Å²) in [4.78, 5) is 0. The molecule has 0 fully saturated rings. The van der Waals surface area contributed by atoms with Gasteiger partial charge in [0.2, 0.25) is 0 Å². The normalized spacial score (nSPS) is 15.2. The first-order valence-corrected chi connectivity index (χ1v) is 5.21. The summed E-state index contributed by atoms with van der Waals surface area (Å²) in [5.41, 5.74) is 0. The summed E-state index contributed by atoms with van der Waals surface area (Å²) in [5.74, 6) is 0. The number of aliphatic hydroxyl groups is 1. The van der Waals surface area contributed by atoms with Gasteiger partial charge in [0.1, 0.15) is 6.10 Å². The minimum atomic E-state index is -0.568. The lowest BCUT2D eigenvalue weighted by atomic mass is 10.3. The van der Waals surface area contributed by atoms with Gasteiger partial charge in [-0.25, -0.2) is 0 Å². The Morgan fingerprint density at radius 1 is 1.27 bits per heavy atom. The van der Waals surface area contributed by atoms with E-state index in [0.29, 0.717) is 19.8 Å². The van der Waals surface area contributed by atoms with Crippen molar-refractivity contribution in [1.29, 1.82) is 0 Å². The van der Waals surface area contributed by atoms with Crippen molar-refractivity contribution in [1.82, 2.24) is 5.32 Å². The Hall–Kier alpha value is -0.200. The van der Waals surface area contributed by atoms with Gasteiger partial charge in [-0.15, -0.1) is 0 Å². The Morgan fingerprint density at radius 2 is 2.00 bits per heavy atom. The van der Waals surface area contributed by atoms with Gasteiger partial charge in [0.15, 0.2) is 0 Å². The van der Waals surface area contributed by atoms with Gasteiger partial charge >= 0.3 is 0 Å². The zero-order valence-corrected chi connectivity index (χ0v) is 9.86. The van der Waals surface area contributed by atoms with Gasteiger partial charge < -0.3 is 24.6 Å². The van der Waals surface area contributed by atoms with E-state index in [-0.39, 0.29) is 12.7 Å². The van der Waals surface area contributed by atoms with Crippen LogP contribution in [0.1, 0.15) is 6.92 Å². The molecule has 0 aromatic carbocycles. The number of likely N-dealkylation sites (N-methyl/N-ethyl adjacent to an activating group) is 1. The van der Waals surface area contributed by atoms with Gasteiger partial charge in [0, 0.05) is 13.7 Å². The molecule has 0 rings (SSSR count). The standard InChI is InChI=1S/C10H23NO4/c1-9(6-11-2)15-8-10(12)7-14-5-4-13-3/h9-12H,4-8H2,1-3H3. The van der Waals surface area contributed by atoms with Crippen LogP contribution >= 0.6 is 0 Å². The van der Waals surface area contributed by atoms with Crippen molar-refractivity contribution in [3.05, 3.63) is 0 Å². The Kier molecular flexibility index (Phi) is 10.2. The highest BCUT2D eigenvalue weighted by Crippen LogP contribution is 1.93. The summed E-state index contributed by atoms with van der Waals surface area (Å²) >= 11 is 0. The fourth-order valence-electron chi connectivity index (χ4n) is 1.03. The van der Waals surface area contributed by atoms with Gasteiger partial charge in [0.25, 0.3) is 0 Å². The first kappa shape index (κ1) is 14.8. The SMILES string of the molecule is CNCC(C)OCC(O)COCCOC. The second-order valence-electron chi connectivity index (χ2n) is 3.42. The quantitative estimate of drug-likeness (QED) is 0.493. The van der Waals surface area contributed by atoms with Gasteiger partial charge in [-0.3, -0.25) is 0 Å². The van der Waals surface area contributed by atoms with Gasteiger partial charge in [-0.1, -0.05) is 0 Å². The maximum Gasteiger partial charge on any atom is 0.101 e. The molecular weight excluding hydrogens is 198 g/mol. The largest absolute Gasteiger partial charge is 0.388 e. The van der Waals surface area contributed by atoms with Crippen molar-refractivity contribution in [2.75, 3.05) is 47.1 Å². The van der Waals surface area contributed by atoms with E-state index in [4.69, 9.17) is 14.2 Å². The number of aliphatic hydroxyl groups excluding tert-OH is 1.